The Kier molecular flexibility index (Phi) is 5.71. The minimum absolute atomic E-state index is 0.0509. The molecule has 0 heterocycles. The van der Waals surface area contributed by atoms with Crippen molar-refractivity contribution in [2.75, 3.05) is 6.26 Å². The summed E-state index contributed by atoms with van der Waals surface area (Å²) in [4.78, 5) is 12.0. The number of benzene rings is 2. The second-order valence-electron chi connectivity index (χ2n) is 5.01. The van der Waals surface area contributed by atoms with Crippen LogP contribution in [0.25, 0.3) is 0 Å². The summed E-state index contributed by atoms with van der Waals surface area (Å²) in [7, 11) is 0. The Morgan fingerprint density at radius 2 is 1.78 bits per heavy atom. The number of hydrogen-bond acceptors (Lipinski definition) is 2. The minimum atomic E-state index is -4.38. The third-order valence-corrected chi connectivity index (χ3v) is 3.86. The van der Waals surface area contributed by atoms with E-state index < -0.39 is 11.7 Å². The molecule has 122 valence electrons. The quantitative estimate of drug-likeness (QED) is 0.869. The summed E-state index contributed by atoms with van der Waals surface area (Å²) in [5.41, 5.74) is 1.30. The van der Waals surface area contributed by atoms with Crippen molar-refractivity contribution in [2.45, 2.75) is 18.5 Å². The highest BCUT2D eigenvalue weighted by molar-refractivity contribution is 7.97. The van der Waals surface area contributed by atoms with E-state index in [1.807, 2.05) is 18.4 Å². The first-order chi connectivity index (χ1) is 10.9. The van der Waals surface area contributed by atoms with Gasteiger partial charge < -0.3 is 5.32 Å². The minimum Gasteiger partial charge on any atom is -0.348 e. The molecule has 1 N–H and O–H groups in total. The van der Waals surface area contributed by atoms with Crippen LogP contribution in [0.1, 0.15) is 27.0 Å². The Labute approximate surface area is 137 Å². The van der Waals surface area contributed by atoms with Gasteiger partial charge >= 0.3 is 6.18 Å². The molecule has 2 aromatic carbocycles. The van der Waals surface area contributed by atoms with Gasteiger partial charge in [-0.25, -0.2) is 0 Å². The average molecular weight is 339 g/mol. The lowest BCUT2D eigenvalue weighted by molar-refractivity contribution is -0.137. The molecule has 0 aliphatic heterocycles. The van der Waals surface area contributed by atoms with Gasteiger partial charge in [-0.2, -0.15) is 24.9 Å². The van der Waals surface area contributed by atoms with E-state index in [1.165, 1.54) is 6.07 Å². The molecule has 23 heavy (non-hydrogen) atoms. The summed E-state index contributed by atoms with van der Waals surface area (Å²) in [6, 6.07) is 12.1. The van der Waals surface area contributed by atoms with E-state index in [4.69, 9.17) is 0 Å². The molecule has 0 aliphatic carbocycles. The first-order valence-corrected chi connectivity index (χ1v) is 8.32. The number of amides is 1. The lowest BCUT2D eigenvalue weighted by Crippen LogP contribution is -2.23. The normalized spacial score (nSPS) is 11.3. The molecule has 0 unspecified atom stereocenters. The number of rotatable bonds is 5. The van der Waals surface area contributed by atoms with Crippen molar-refractivity contribution in [1.29, 1.82) is 0 Å². The van der Waals surface area contributed by atoms with Crippen LogP contribution in [0.5, 0.6) is 0 Å². The molecule has 6 heteroatoms. The second-order valence-corrected chi connectivity index (χ2v) is 5.88. The summed E-state index contributed by atoms with van der Waals surface area (Å²) in [6.45, 7) is 0.0509. The van der Waals surface area contributed by atoms with Gasteiger partial charge in [-0.05, 0) is 41.6 Å². The molecular formula is C17H16F3NOS. The maximum atomic E-state index is 12.6. The molecule has 2 nitrogen and oxygen atoms in total. The van der Waals surface area contributed by atoms with Gasteiger partial charge in [-0.3, -0.25) is 4.79 Å². The number of alkyl halides is 3. The van der Waals surface area contributed by atoms with Gasteiger partial charge in [0.15, 0.2) is 0 Å². The predicted molar refractivity (Wildman–Crippen MR) is 86.3 cm³/mol. The average Bonchev–Trinajstić information content (AvgIpc) is 2.53. The van der Waals surface area contributed by atoms with Crippen LogP contribution in [0.4, 0.5) is 13.2 Å². The molecule has 2 aromatic rings. The summed E-state index contributed by atoms with van der Waals surface area (Å²) in [5, 5.41) is 2.63. The smallest absolute Gasteiger partial charge is 0.348 e. The van der Waals surface area contributed by atoms with Gasteiger partial charge in [0.2, 0.25) is 0 Å². The van der Waals surface area contributed by atoms with Gasteiger partial charge in [0.25, 0.3) is 5.91 Å². The van der Waals surface area contributed by atoms with Crippen molar-refractivity contribution in [2.24, 2.45) is 0 Å². The fourth-order valence-electron chi connectivity index (χ4n) is 2.06. The third-order valence-electron chi connectivity index (χ3n) is 3.23. The molecule has 0 bridgehead atoms. The number of halogens is 3. The van der Waals surface area contributed by atoms with Crippen LogP contribution in [-0.2, 0) is 18.5 Å². The Hall–Kier alpha value is -1.95. The van der Waals surface area contributed by atoms with Crippen molar-refractivity contribution in [3.05, 3.63) is 70.8 Å². The zero-order valence-corrected chi connectivity index (χ0v) is 13.3. The molecule has 0 radical (unpaired) electrons. The molecule has 1 amide bonds. The highest BCUT2D eigenvalue weighted by atomic mass is 32.2. The Morgan fingerprint density at radius 1 is 1.09 bits per heavy atom. The molecule has 0 fully saturated rings. The molecular weight excluding hydrogens is 323 g/mol. The highest BCUT2D eigenvalue weighted by Crippen LogP contribution is 2.29. The van der Waals surface area contributed by atoms with Crippen molar-refractivity contribution in [3.8, 4) is 0 Å². The summed E-state index contributed by atoms with van der Waals surface area (Å²) in [5.74, 6) is 0.560. The van der Waals surface area contributed by atoms with E-state index in [0.29, 0.717) is 11.1 Å². The fraction of sp³-hybridized carbons (Fsp3) is 0.235. The lowest BCUT2D eigenvalue weighted by Gasteiger charge is -2.10. The summed E-state index contributed by atoms with van der Waals surface area (Å²) in [6.07, 6.45) is -2.39. The standard InChI is InChI=1S/C17H16F3NOS/c1-23-11-12-5-7-14(8-6-12)16(22)21-10-13-3-2-4-15(9-13)17(18,19)20/h2-9H,10-11H2,1H3,(H,21,22). The maximum absolute atomic E-state index is 12.6. The number of thioether (sulfide) groups is 1. The largest absolute Gasteiger partial charge is 0.416 e. The topological polar surface area (TPSA) is 29.1 Å². The molecule has 0 aromatic heterocycles. The summed E-state index contributed by atoms with van der Waals surface area (Å²) >= 11 is 1.69. The van der Waals surface area contributed by atoms with Crippen LogP contribution in [-0.4, -0.2) is 12.2 Å². The Morgan fingerprint density at radius 3 is 2.39 bits per heavy atom. The fourth-order valence-corrected chi connectivity index (χ4v) is 2.59. The molecule has 0 saturated carbocycles. The molecule has 0 saturated heterocycles. The molecule has 0 aliphatic rings. The molecule has 2 rings (SSSR count). The first kappa shape index (κ1) is 17.4. The first-order valence-electron chi connectivity index (χ1n) is 6.92. The van der Waals surface area contributed by atoms with Crippen LogP contribution >= 0.6 is 11.8 Å². The number of carbonyl (C=O) groups excluding carboxylic acids is 1. The van der Waals surface area contributed by atoms with Gasteiger partial charge in [0.05, 0.1) is 5.56 Å². The maximum Gasteiger partial charge on any atom is 0.416 e. The van der Waals surface area contributed by atoms with Crippen molar-refractivity contribution >= 4 is 17.7 Å². The van der Waals surface area contributed by atoms with E-state index in [0.717, 1.165) is 23.4 Å². The van der Waals surface area contributed by atoms with Crippen LogP contribution in [0.2, 0.25) is 0 Å². The van der Waals surface area contributed by atoms with E-state index in [1.54, 1.807) is 30.0 Å². The van der Waals surface area contributed by atoms with Crippen molar-refractivity contribution in [1.82, 2.24) is 5.32 Å². The zero-order chi connectivity index (χ0) is 16.9. The van der Waals surface area contributed by atoms with Crippen molar-refractivity contribution < 1.29 is 18.0 Å². The van der Waals surface area contributed by atoms with Gasteiger partial charge in [-0.15, -0.1) is 0 Å². The van der Waals surface area contributed by atoms with Crippen LogP contribution < -0.4 is 5.32 Å². The van der Waals surface area contributed by atoms with E-state index in [2.05, 4.69) is 5.32 Å². The summed E-state index contributed by atoms with van der Waals surface area (Å²) < 4.78 is 37.9. The van der Waals surface area contributed by atoms with E-state index >= 15 is 0 Å². The number of carbonyl (C=O) groups is 1. The van der Waals surface area contributed by atoms with Crippen LogP contribution in [0.15, 0.2) is 48.5 Å². The van der Waals surface area contributed by atoms with E-state index in [9.17, 15) is 18.0 Å². The van der Waals surface area contributed by atoms with E-state index in [-0.39, 0.29) is 12.5 Å². The van der Waals surface area contributed by atoms with Crippen LogP contribution in [0, 0.1) is 0 Å². The predicted octanol–water partition coefficient (Wildman–Crippen LogP) is 4.50. The lowest BCUT2D eigenvalue weighted by atomic mass is 10.1. The Balaban J connectivity index is 1.99. The monoisotopic (exact) mass is 339 g/mol. The van der Waals surface area contributed by atoms with Gasteiger partial charge in [0.1, 0.15) is 0 Å². The molecule has 0 atom stereocenters. The third kappa shape index (κ3) is 5.03. The van der Waals surface area contributed by atoms with Crippen molar-refractivity contribution in [3.63, 3.8) is 0 Å². The molecule has 0 spiro atoms. The van der Waals surface area contributed by atoms with Crippen LogP contribution in [0.3, 0.4) is 0 Å². The Bertz CT molecular complexity index is 668. The number of nitrogens with one attached hydrogen (secondary N) is 1. The second kappa shape index (κ2) is 7.55. The van der Waals surface area contributed by atoms with Gasteiger partial charge in [0, 0.05) is 17.9 Å². The van der Waals surface area contributed by atoms with Gasteiger partial charge in [-0.1, -0.05) is 24.3 Å². The SMILES string of the molecule is CSCc1ccc(C(=O)NCc2cccc(C(F)(F)F)c2)cc1. The zero-order valence-electron chi connectivity index (χ0n) is 12.5. The number of hydrogen-bond donors (Lipinski definition) is 1. The highest BCUT2D eigenvalue weighted by Gasteiger charge is 2.30.